The highest BCUT2D eigenvalue weighted by Crippen LogP contribution is 2.29. The lowest BCUT2D eigenvalue weighted by Gasteiger charge is -2.15. The molecule has 1 aliphatic rings. The van der Waals surface area contributed by atoms with Crippen LogP contribution in [0.2, 0.25) is 0 Å². The fourth-order valence-corrected chi connectivity index (χ4v) is 2.99. The summed E-state index contributed by atoms with van der Waals surface area (Å²) in [6.45, 7) is 4.98. The van der Waals surface area contributed by atoms with Gasteiger partial charge in [-0.25, -0.2) is 0 Å². The van der Waals surface area contributed by atoms with Gasteiger partial charge in [0.05, 0.1) is 5.25 Å². The van der Waals surface area contributed by atoms with Gasteiger partial charge in [0.25, 0.3) is 0 Å². The Bertz CT molecular complexity index is 258. The third-order valence-electron chi connectivity index (χ3n) is 2.49. The molecule has 2 N–H and O–H groups in total. The van der Waals surface area contributed by atoms with Gasteiger partial charge in [0.15, 0.2) is 0 Å². The Balaban J connectivity index is 2.51. The molecule has 15 heavy (non-hydrogen) atoms. The molecule has 2 amide bonds. The number of carbonyl (C=O) groups excluding carboxylic acids is 2. The van der Waals surface area contributed by atoms with Crippen molar-refractivity contribution in [1.82, 2.24) is 4.90 Å². The molecule has 86 valence electrons. The number of rotatable bonds is 5. The summed E-state index contributed by atoms with van der Waals surface area (Å²) < 4.78 is 0. The molecule has 0 spiro atoms. The lowest BCUT2D eigenvalue weighted by atomic mass is 10.3. The number of thioether (sulfide) groups is 1. The molecular formula is C10H18N2O2S. The number of nitrogens with zero attached hydrogens (tertiary/aromatic N) is 1. The van der Waals surface area contributed by atoms with Crippen molar-refractivity contribution in [3.63, 3.8) is 0 Å². The predicted molar refractivity (Wildman–Crippen MR) is 61.5 cm³/mol. The maximum atomic E-state index is 11.7. The Morgan fingerprint density at radius 3 is 2.73 bits per heavy atom. The number of likely N-dealkylation sites (tertiary alicyclic amines) is 1. The van der Waals surface area contributed by atoms with Crippen molar-refractivity contribution in [3.05, 3.63) is 0 Å². The summed E-state index contributed by atoms with van der Waals surface area (Å²) in [6.07, 6.45) is 1.24. The third-order valence-corrected chi connectivity index (χ3v) is 3.89. The van der Waals surface area contributed by atoms with Crippen LogP contribution in [-0.4, -0.2) is 40.3 Å². The average Bonchev–Trinajstić information content (AvgIpc) is 2.42. The smallest absolute Gasteiger partial charge is 0.242 e. The van der Waals surface area contributed by atoms with E-state index in [0.717, 1.165) is 6.42 Å². The van der Waals surface area contributed by atoms with Gasteiger partial charge < -0.3 is 5.73 Å². The van der Waals surface area contributed by atoms with E-state index in [1.165, 1.54) is 4.90 Å². The number of imide groups is 1. The molecular weight excluding hydrogens is 212 g/mol. The Labute approximate surface area is 94.6 Å². The predicted octanol–water partition coefficient (Wildman–Crippen LogP) is 0.604. The van der Waals surface area contributed by atoms with Crippen molar-refractivity contribution in [2.45, 2.75) is 37.2 Å². The summed E-state index contributed by atoms with van der Waals surface area (Å²) in [7, 11) is 0. The van der Waals surface area contributed by atoms with Gasteiger partial charge in [-0.05, 0) is 19.9 Å². The first-order valence-electron chi connectivity index (χ1n) is 5.29. The molecule has 5 heteroatoms. The lowest BCUT2D eigenvalue weighted by Crippen LogP contribution is -2.31. The van der Waals surface area contributed by atoms with Crippen molar-refractivity contribution in [2.75, 3.05) is 13.1 Å². The maximum absolute atomic E-state index is 11.7. The standard InChI is InChI=1S/C10H18N2O2S/c1-3-12-9(13)6-8(10(12)14)15-7(2)4-5-11/h7-8H,3-6,11H2,1-2H3. The molecule has 0 bridgehead atoms. The highest BCUT2D eigenvalue weighted by molar-refractivity contribution is 8.01. The molecule has 0 radical (unpaired) electrons. The van der Waals surface area contributed by atoms with Gasteiger partial charge in [-0.1, -0.05) is 6.92 Å². The Morgan fingerprint density at radius 1 is 1.60 bits per heavy atom. The molecule has 1 fully saturated rings. The van der Waals surface area contributed by atoms with Crippen LogP contribution in [0.3, 0.4) is 0 Å². The molecule has 0 aromatic heterocycles. The summed E-state index contributed by atoms with van der Waals surface area (Å²) >= 11 is 1.57. The largest absolute Gasteiger partial charge is 0.330 e. The van der Waals surface area contributed by atoms with E-state index in [1.807, 2.05) is 13.8 Å². The number of hydrogen-bond donors (Lipinski definition) is 1. The summed E-state index contributed by atoms with van der Waals surface area (Å²) in [5.41, 5.74) is 5.44. The second-order valence-corrected chi connectivity index (χ2v) is 5.34. The lowest BCUT2D eigenvalue weighted by molar-refractivity contribution is -0.137. The van der Waals surface area contributed by atoms with Crippen LogP contribution >= 0.6 is 11.8 Å². The van der Waals surface area contributed by atoms with Gasteiger partial charge in [0, 0.05) is 18.2 Å². The van der Waals surface area contributed by atoms with Crippen LogP contribution in [0, 0.1) is 0 Å². The van der Waals surface area contributed by atoms with E-state index in [9.17, 15) is 9.59 Å². The van der Waals surface area contributed by atoms with Gasteiger partial charge in [-0.15, -0.1) is 11.8 Å². The molecule has 1 heterocycles. The highest BCUT2D eigenvalue weighted by Gasteiger charge is 2.38. The van der Waals surface area contributed by atoms with Crippen LogP contribution in [0.1, 0.15) is 26.7 Å². The van der Waals surface area contributed by atoms with Crippen LogP contribution in [-0.2, 0) is 9.59 Å². The highest BCUT2D eigenvalue weighted by atomic mass is 32.2. The van der Waals surface area contributed by atoms with Crippen molar-refractivity contribution in [3.8, 4) is 0 Å². The average molecular weight is 230 g/mol. The van der Waals surface area contributed by atoms with E-state index in [-0.39, 0.29) is 17.1 Å². The first kappa shape index (κ1) is 12.5. The number of nitrogens with two attached hydrogens (primary N) is 1. The molecule has 1 aliphatic heterocycles. The van der Waals surface area contributed by atoms with Crippen LogP contribution in [0.5, 0.6) is 0 Å². The number of carbonyl (C=O) groups is 2. The van der Waals surface area contributed by atoms with Gasteiger partial charge >= 0.3 is 0 Å². The maximum Gasteiger partial charge on any atom is 0.242 e. The van der Waals surface area contributed by atoms with Crippen molar-refractivity contribution < 1.29 is 9.59 Å². The summed E-state index contributed by atoms with van der Waals surface area (Å²) in [5.74, 6) is -0.0729. The molecule has 4 nitrogen and oxygen atoms in total. The van der Waals surface area contributed by atoms with Crippen LogP contribution in [0.15, 0.2) is 0 Å². The van der Waals surface area contributed by atoms with Crippen LogP contribution in [0.4, 0.5) is 0 Å². The van der Waals surface area contributed by atoms with Gasteiger partial charge in [0.2, 0.25) is 11.8 Å². The Morgan fingerprint density at radius 2 is 2.27 bits per heavy atom. The molecule has 2 atom stereocenters. The fraction of sp³-hybridized carbons (Fsp3) is 0.800. The fourth-order valence-electron chi connectivity index (χ4n) is 1.67. The summed E-state index contributed by atoms with van der Waals surface area (Å²) in [4.78, 5) is 24.5. The summed E-state index contributed by atoms with van der Waals surface area (Å²) in [5, 5.41) is 0.160. The Kier molecular flexibility index (Phi) is 4.60. The monoisotopic (exact) mass is 230 g/mol. The normalized spacial score (nSPS) is 23.7. The molecule has 2 unspecified atom stereocenters. The van der Waals surface area contributed by atoms with Gasteiger partial charge in [-0.2, -0.15) is 0 Å². The Hall–Kier alpha value is -0.550. The first-order chi connectivity index (χ1) is 7.10. The zero-order valence-electron chi connectivity index (χ0n) is 9.23. The molecule has 1 saturated heterocycles. The SMILES string of the molecule is CCN1C(=O)CC(SC(C)CCN)C1=O. The summed E-state index contributed by atoms with van der Waals surface area (Å²) in [6, 6.07) is 0. The van der Waals surface area contributed by atoms with Gasteiger partial charge in [0.1, 0.15) is 0 Å². The first-order valence-corrected chi connectivity index (χ1v) is 6.24. The van der Waals surface area contributed by atoms with E-state index >= 15 is 0 Å². The van der Waals surface area contributed by atoms with E-state index in [4.69, 9.17) is 5.73 Å². The minimum absolute atomic E-state index is 0.0311. The molecule has 0 aromatic carbocycles. The van der Waals surface area contributed by atoms with Crippen LogP contribution in [0.25, 0.3) is 0 Å². The van der Waals surface area contributed by atoms with E-state index in [0.29, 0.717) is 24.8 Å². The zero-order valence-corrected chi connectivity index (χ0v) is 10.0. The molecule has 0 aliphatic carbocycles. The minimum Gasteiger partial charge on any atom is -0.330 e. The molecule has 0 aromatic rings. The second kappa shape index (κ2) is 5.51. The third kappa shape index (κ3) is 2.95. The van der Waals surface area contributed by atoms with Crippen molar-refractivity contribution in [2.24, 2.45) is 5.73 Å². The second-order valence-electron chi connectivity index (χ2n) is 3.69. The molecule has 1 rings (SSSR count). The quantitative estimate of drug-likeness (QED) is 0.703. The van der Waals surface area contributed by atoms with E-state index in [1.54, 1.807) is 11.8 Å². The van der Waals surface area contributed by atoms with E-state index in [2.05, 4.69) is 0 Å². The van der Waals surface area contributed by atoms with E-state index < -0.39 is 0 Å². The minimum atomic E-state index is -0.181. The number of amides is 2. The van der Waals surface area contributed by atoms with Crippen LogP contribution < -0.4 is 5.73 Å². The number of hydrogen-bond acceptors (Lipinski definition) is 4. The van der Waals surface area contributed by atoms with Crippen molar-refractivity contribution >= 4 is 23.6 Å². The zero-order chi connectivity index (χ0) is 11.4. The van der Waals surface area contributed by atoms with Crippen molar-refractivity contribution in [1.29, 1.82) is 0 Å². The topological polar surface area (TPSA) is 63.4 Å². The molecule has 0 saturated carbocycles. The van der Waals surface area contributed by atoms with Gasteiger partial charge in [-0.3, -0.25) is 14.5 Å².